The van der Waals surface area contributed by atoms with Gasteiger partial charge in [-0.15, -0.1) is 6.42 Å². The third kappa shape index (κ3) is 3.08. The number of terminal acetylenes is 1. The highest BCUT2D eigenvalue weighted by Crippen LogP contribution is 2.14. The maximum Gasteiger partial charge on any atom is 0.298 e. The van der Waals surface area contributed by atoms with Crippen molar-refractivity contribution in [3.05, 3.63) is 29.8 Å². The van der Waals surface area contributed by atoms with Gasteiger partial charge in [0.2, 0.25) is 0 Å². The predicted octanol–water partition coefficient (Wildman–Crippen LogP) is 1.72. The number of hydrogen-bond donors (Lipinski definition) is 0. The minimum absolute atomic E-state index is 0.121. The lowest BCUT2D eigenvalue weighted by Crippen LogP contribution is -2.13. The summed E-state index contributed by atoms with van der Waals surface area (Å²) in [6, 6.07) is 6.40. The second kappa shape index (κ2) is 4.47. The Kier molecular flexibility index (Phi) is 3.51. The van der Waals surface area contributed by atoms with Crippen molar-refractivity contribution in [1.29, 1.82) is 0 Å². The minimum atomic E-state index is -3.73. The fourth-order valence-corrected chi connectivity index (χ4v) is 1.99. The zero-order valence-electron chi connectivity index (χ0n) is 8.60. The van der Waals surface area contributed by atoms with Gasteiger partial charge in [-0.2, -0.15) is 8.42 Å². The largest absolute Gasteiger partial charge is 0.298 e. The Hall–Kier alpha value is -1.31. The van der Waals surface area contributed by atoms with E-state index in [0.717, 1.165) is 5.56 Å². The van der Waals surface area contributed by atoms with E-state index in [2.05, 4.69) is 5.92 Å². The van der Waals surface area contributed by atoms with Gasteiger partial charge in [-0.05, 0) is 26.0 Å². The van der Waals surface area contributed by atoms with Crippen molar-refractivity contribution >= 4 is 10.1 Å². The molecule has 0 heterocycles. The van der Waals surface area contributed by atoms with Gasteiger partial charge in [-0.1, -0.05) is 23.6 Å². The summed E-state index contributed by atoms with van der Waals surface area (Å²) in [4.78, 5) is 0.121. The average molecular weight is 224 g/mol. The highest BCUT2D eigenvalue weighted by atomic mass is 32.2. The SMILES string of the molecule is C#C[C@H](C)OS(=O)(=O)c1ccc(C)cc1. The van der Waals surface area contributed by atoms with Crippen LogP contribution in [0.15, 0.2) is 29.2 Å². The van der Waals surface area contributed by atoms with Gasteiger partial charge in [0.05, 0.1) is 4.90 Å². The Morgan fingerprint density at radius 1 is 1.33 bits per heavy atom. The Labute approximate surface area is 90.2 Å². The molecule has 0 bridgehead atoms. The van der Waals surface area contributed by atoms with E-state index in [-0.39, 0.29) is 4.90 Å². The van der Waals surface area contributed by atoms with Crippen LogP contribution in [0.4, 0.5) is 0 Å². The van der Waals surface area contributed by atoms with Gasteiger partial charge < -0.3 is 0 Å². The molecule has 1 rings (SSSR count). The van der Waals surface area contributed by atoms with E-state index in [4.69, 9.17) is 10.6 Å². The Morgan fingerprint density at radius 2 is 1.87 bits per heavy atom. The number of rotatable bonds is 3. The van der Waals surface area contributed by atoms with Crippen molar-refractivity contribution in [3.8, 4) is 12.3 Å². The molecular weight excluding hydrogens is 212 g/mol. The number of benzene rings is 1. The molecule has 0 radical (unpaired) electrons. The van der Waals surface area contributed by atoms with E-state index in [1.165, 1.54) is 19.1 Å². The van der Waals surface area contributed by atoms with Crippen molar-refractivity contribution in [1.82, 2.24) is 0 Å². The van der Waals surface area contributed by atoms with Gasteiger partial charge in [-0.25, -0.2) is 0 Å². The first-order valence-electron chi connectivity index (χ1n) is 4.42. The summed E-state index contributed by atoms with van der Waals surface area (Å²) in [7, 11) is -3.73. The van der Waals surface area contributed by atoms with E-state index < -0.39 is 16.2 Å². The molecule has 0 aliphatic rings. The first-order valence-corrected chi connectivity index (χ1v) is 5.82. The molecule has 0 saturated heterocycles. The first kappa shape index (κ1) is 11.8. The molecule has 80 valence electrons. The van der Waals surface area contributed by atoms with E-state index in [1.807, 2.05) is 6.92 Å². The number of aryl methyl sites for hydroxylation is 1. The molecule has 15 heavy (non-hydrogen) atoms. The van der Waals surface area contributed by atoms with Gasteiger partial charge in [0.25, 0.3) is 10.1 Å². The van der Waals surface area contributed by atoms with Crippen LogP contribution in [0.25, 0.3) is 0 Å². The van der Waals surface area contributed by atoms with E-state index in [9.17, 15) is 8.42 Å². The third-order valence-electron chi connectivity index (χ3n) is 1.82. The molecule has 1 aromatic carbocycles. The predicted molar refractivity (Wildman–Crippen MR) is 57.7 cm³/mol. The third-order valence-corrected chi connectivity index (χ3v) is 3.21. The van der Waals surface area contributed by atoms with Crippen molar-refractivity contribution in [2.45, 2.75) is 24.8 Å². The topological polar surface area (TPSA) is 43.4 Å². The lowest BCUT2D eigenvalue weighted by molar-refractivity contribution is 0.283. The van der Waals surface area contributed by atoms with Gasteiger partial charge in [0.15, 0.2) is 0 Å². The van der Waals surface area contributed by atoms with Crippen LogP contribution in [0, 0.1) is 19.3 Å². The zero-order chi connectivity index (χ0) is 11.5. The van der Waals surface area contributed by atoms with E-state index >= 15 is 0 Å². The number of hydrogen-bond acceptors (Lipinski definition) is 3. The molecule has 0 fully saturated rings. The molecule has 0 aromatic heterocycles. The maximum atomic E-state index is 11.6. The molecule has 0 unspecified atom stereocenters. The van der Waals surface area contributed by atoms with E-state index in [1.54, 1.807) is 12.1 Å². The summed E-state index contributed by atoms with van der Waals surface area (Å²) in [6.45, 7) is 3.38. The zero-order valence-corrected chi connectivity index (χ0v) is 9.41. The van der Waals surface area contributed by atoms with E-state index in [0.29, 0.717) is 0 Å². The first-order chi connectivity index (χ1) is 6.95. The molecule has 0 N–H and O–H groups in total. The summed E-state index contributed by atoms with van der Waals surface area (Å²) in [5.41, 5.74) is 0.985. The smallest absolute Gasteiger partial charge is 0.250 e. The monoisotopic (exact) mass is 224 g/mol. The van der Waals surface area contributed by atoms with Crippen molar-refractivity contribution in [2.75, 3.05) is 0 Å². The molecule has 0 aliphatic carbocycles. The Balaban J connectivity index is 2.98. The van der Waals surface area contributed by atoms with Crippen LogP contribution >= 0.6 is 0 Å². The fraction of sp³-hybridized carbons (Fsp3) is 0.273. The lowest BCUT2D eigenvalue weighted by atomic mass is 10.2. The second-order valence-corrected chi connectivity index (χ2v) is 4.74. The fourth-order valence-electron chi connectivity index (χ4n) is 0.978. The van der Waals surface area contributed by atoms with Crippen LogP contribution in [0.1, 0.15) is 12.5 Å². The molecule has 0 spiro atoms. The van der Waals surface area contributed by atoms with Crippen molar-refractivity contribution < 1.29 is 12.6 Å². The lowest BCUT2D eigenvalue weighted by Gasteiger charge is -2.07. The molecular formula is C11H12O3S. The van der Waals surface area contributed by atoms with Gasteiger partial charge in [0.1, 0.15) is 6.10 Å². The summed E-state index contributed by atoms with van der Waals surface area (Å²) in [6.07, 6.45) is 4.29. The van der Waals surface area contributed by atoms with Crippen molar-refractivity contribution in [3.63, 3.8) is 0 Å². The van der Waals surface area contributed by atoms with Crippen LogP contribution in [0.2, 0.25) is 0 Å². The average Bonchev–Trinajstić information content (AvgIpc) is 2.17. The normalized spacial score (nSPS) is 13.1. The summed E-state index contributed by atoms with van der Waals surface area (Å²) < 4.78 is 27.9. The standard InChI is InChI=1S/C11H12O3S/c1-4-10(3)14-15(12,13)11-7-5-9(2)6-8-11/h1,5-8,10H,2-3H3/t10-/m0/s1. The van der Waals surface area contributed by atoms with Crippen LogP contribution in [-0.4, -0.2) is 14.5 Å². The van der Waals surface area contributed by atoms with Crippen molar-refractivity contribution in [2.24, 2.45) is 0 Å². The highest BCUT2D eigenvalue weighted by molar-refractivity contribution is 7.86. The molecule has 1 aromatic rings. The molecule has 1 atom stereocenters. The van der Waals surface area contributed by atoms with Crippen LogP contribution in [0.5, 0.6) is 0 Å². The summed E-state index contributed by atoms with van der Waals surface area (Å²) >= 11 is 0. The van der Waals surface area contributed by atoms with Gasteiger partial charge in [0, 0.05) is 0 Å². The molecule has 0 amide bonds. The molecule has 4 heteroatoms. The molecule has 0 aliphatic heterocycles. The quantitative estimate of drug-likeness (QED) is 0.580. The van der Waals surface area contributed by atoms with Crippen LogP contribution < -0.4 is 0 Å². The highest BCUT2D eigenvalue weighted by Gasteiger charge is 2.17. The summed E-state index contributed by atoms with van der Waals surface area (Å²) in [5.74, 6) is 2.20. The minimum Gasteiger partial charge on any atom is -0.250 e. The molecule has 0 saturated carbocycles. The Bertz CT molecular complexity index is 466. The van der Waals surface area contributed by atoms with Gasteiger partial charge in [-0.3, -0.25) is 4.18 Å². The molecule has 3 nitrogen and oxygen atoms in total. The maximum absolute atomic E-state index is 11.6. The second-order valence-electron chi connectivity index (χ2n) is 3.17. The Morgan fingerprint density at radius 3 is 2.33 bits per heavy atom. The van der Waals surface area contributed by atoms with Crippen LogP contribution in [-0.2, 0) is 14.3 Å². The summed E-state index contributed by atoms with van der Waals surface area (Å²) in [5, 5.41) is 0. The van der Waals surface area contributed by atoms with Gasteiger partial charge >= 0.3 is 0 Å². The van der Waals surface area contributed by atoms with Crippen LogP contribution in [0.3, 0.4) is 0 Å².